The number of likely N-dealkylation sites (tertiary alicyclic amines) is 1. The molecule has 26 heavy (non-hydrogen) atoms. The molecule has 2 amide bonds. The van der Waals surface area contributed by atoms with Gasteiger partial charge in [0.25, 0.3) is 0 Å². The zero-order valence-electron chi connectivity index (χ0n) is 16.0. The maximum Gasteiger partial charge on any atom is 0.317 e. The summed E-state index contributed by atoms with van der Waals surface area (Å²) in [6.45, 7) is 8.75. The summed E-state index contributed by atoms with van der Waals surface area (Å²) in [5, 5.41) is 2.93. The summed E-state index contributed by atoms with van der Waals surface area (Å²) in [5.74, 6) is 1.54. The standard InChI is InChI=1S/C20H31N3O3/c1-3-21-20(24)23(12-6-11-22-10-5-4-7-16(22)2)14-17-8-9-18-19(13-17)26-15-25-18/h8-9,13,16H,3-7,10-12,14-15H2,1-2H3,(H,21,24). The highest BCUT2D eigenvalue weighted by molar-refractivity contribution is 5.74. The minimum absolute atomic E-state index is 0.00291. The van der Waals surface area contributed by atoms with E-state index in [2.05, 4.69) is 17.1 Å². The molecule has 2 aliphatic heterocycles. The molecular weight excluding hydrogens is 330 g/mol. The molecule has 1 saturated heterocycles. The van der Waals surface area contributed by atoms with Crippen molar-refractivity contribution < 1.29 is 14.3 Å². The molecule has 6 heteroatoms. The van der Waals surface area contributed by atoms with Crippen LogP contribution in [0.4, 0.5) is 4.79 Å². The second kappa shape index (κ2) is 9.12. The second-order valence-electron chi connectivity index (χ2n) is 7.18. The van der Waals surface area contributed by atoms with Gasteiger partial charge in [-0.3, -0.25) is 0 Å². The smallest absolute Gasteiger partial charge is 0.317 e. The van der Waals surface area contributed by atoms with Crippen molar-refractivity contribution in [1.29, 1.82) is 0 Å². The van der Waals surface area contributed by atoms with Gasteiger partial charge >= 0.3 is 6.03 Å². The van der Waals surface area contributed by atoms with E-state index in [-0.39, 0.29) is 12.8 Å². The molecule has 6 nitrogen and oxygen atoms in total. The fraction of sp³-hybridized carbons (Fsp3) is 0.650. The van der Waals surface area contributed by atoms with Gasteiger partial charge in [0.15, 0.2) is 11.5 Å². The quantitative estimate of drug-likeness (QED) is 0.810. The lowest BCUT2D eigenvalue weighted by atomic mass is 10.0. The number of nitrogens with zero attached hydrogens (tertiary/aromatic N) is 2. The van der Waals surface area contributed by atoms with Crippen molar-refractivity contribution in [2.45, 2.75) is 52.1 Å². The summed E-state index contributed by atoms with van der Waals surface area (Å²) >= 11 is 0. The van der Waals surface area contributed by atoms with Crippen LogP contribution in [0.15, 0.2) is 18.2 Å². The SMILES string of the molecule is CCNC(=O)N(CCCN1CCCCC1C)Cc1ccc2c(c1)OCO2. The highest BCUT2D eigenvalue weighted by Gasteiger charge is 2.20. The number of rotatable bonds is 7. The Morgan fingerprint density at radius 2 is 2.15 bits per heavy atom. The Morgan fingerprint density at radius 1 is 1.31 bits per heavy atom. The Morgan fingerprint density at radius 3 is 2.96 bits per heavy atom. The molecule has 1 atom stereocenters. The minimum atomic E-state index is -0.00291. The van der Waals surface area contributed by atoms with E-state index in [1.54, 1.807) is 0 Å². The Labute approximate surface area is 156 Å². The van der Waals surface area contributed by atoms with E-state index >= 15 is 0 Å². The van der Waals surface area contributed by atoms with E-state index in [4.69, 9.17) is 9.47 Å². The van der Waals surface area contributed by atoms with Gasteiger partial charge in [-0.05, 0) is 57.4 Å². The minimum Gasteiger partial charge on any atom is -0.454 e. The topological polar surface area (TPSA) is 54.0 Å². The highest BCUT2D eigenvalue weighted by atomic mass is 16.7. The molecule has 0 spiro atoms. The first-order valence-electron chi connectivity index (χ1n) is 9.82. The molecule has 0 saturated carbocycles. The normalized spacial score (nSPS) is 19.4. The lowest BCUT2D eigenvalue weighted by Crippen LogP contribution is -2.42. The lowest BCUT2D eigenvalue weighted by molar-refractivity contribution is 0.148. The first-order valence-corrected chi connectivity index (χ1v) is 9.82. The molecular formula is C20H31N3O3. The first kappa shape index (κ1) is 18.8. The van der Waals surface area contributed by atoms with Crippen LogP contribution in [0.2, 0.25) is 0 Å². The average molecular weight is 361 g/mol. The van der Waals surface area contributed by atoms with Crippen molar-refractivity contribution >= 4 is 6.03 Å². The van der Waals surface area contributed by atoms with Crippen LogP contribution in [0, 0.1) is 0 Å². The van der Waals surface area contributed by atoms with Gasteiger partial charge in [-0.15, -0.1) is 0 Å². The number of ether oxygens (including phenoxy) is 2. The molecule has 3 rings (SSSR count). The molecule has 0 radical (unpaired) electrons. The molecule has 0 aliphatic carbocycles. The van der Waals surface area contributed by atoms with Crippen molar-refractivity contribution in [1.82, 2.24) is 15.1 Å². The van der Waals surface area contributed by atoms with Gasteiger partial charge in [-0.2, -0.15) is 0 Å². The number of carbonyl (C=O) groups excluding carboxylic acids is 1. The predicted molar refractivity (Wildman–Crippen MR) is 102 cm³/mol. The summed E-state index contributed by atoms with van der Waals surface area (Å²) in [6, 6.07) is 6.56. The Kier molecular flexibility index (Phi) is 6.61. The van der Waals surface area contributed by atoms with Crippen LogP contribution in [-0.4, -0.2) is 54.8 Å². The van der Waals surface area contributed by atoms with Gasteiger partial charge < -0.3 is 24.6 Å². The van der Waals surface area contributed by atoms with Crippen LogP contribution in [-0.2, 0) is 6.54 Å². The zero-order chi connectivity index (χ0) is 18.4. The van der Waals surface area contributed by atoms with E-state index in [9.17, 15) is 4.79 Å². The van der Waals surface area contributed by atoms with Crippen LogP contribution in [0.5, 0.6) is 11.5 Å². The number of carbonyl (C=O) groups is 1. The summed E-state index contributed by atoms with van der Waals surface area (Å²) in [5.41, 5.74) is 1.06. The number of benzene rings is 1. The van der Waals surface area contributed by atoms with E-state index in [1.165, 1.54) is 25.8 Å². The summed E-state index contributed by atoms with van der Waals surface area (Å²) in [7, 11) is 0. The van der Waals surface area contributed by atoms with Gasteiger partial charge in [-0.25, -0.2) is 4.79 Å². The van der Waals surface area contributed by atoms with Crippen LogP contribution < -0.4 is 14.8 Å². The van der Waals surface area contributed by atoms with Crippen molar-refractivity contribution in [2.75, 3.05) is 33.0 Å². The van der Waals surface area contributed by atoms with Gasteiger partial charge in [0.05, 0.1) is 0 Å². The van der Waals surface area contributed by atoms with Crippen molar-refractivity contribution in [3.05, 3.63) is 23.8 Å². The van der Waals surface area contributed by atoms with Crippen molar-refractivity contribution in [2.24, 2.45) is 0 Å². The summed E-state index contributed by atoms with van der Waals surface area (Å²) in [6.07, 6.45) is 4.91. The van der Waals surface area contributed by atoms with E-state index < -0.39 is 0 Å². The Bertz CT molecular complexity index is 608. The van der Waals surface area contributed by atoms with E-state index in [0.717, 1.165) is 36.6 Å². The van der Waals surface area contributed by atoms with E-state index in [1.807, 2.05) is 30.0 Å². The molecule has 1 unspecified atom stereocenters. The molecule has 1 aromatic carbocycles. The number of amides is 2. The van der Waals surface area contributed by atoms with Crippen LogP contribution in [0.25, 0.3) is 0 Å². The van der Waals surface area contributed by atoms with Crippen LogP contribution in [0.1, 0.15) is 45.1 Å². The maximum atomic E-state index is 12.5. The molecule has 2 heterocycles. The first-order chi connectivity index (χ1) is 12.7. The van der Waals surface area contributed by atoms with Crippen LogP contribution >= 0.6 is 0 Å². The maximum absolute atomic E-state index is 12.5. The third-order valence-corrected chi connectivity index (χ3v) is 5.24. The summed E-state index contributed by atoms with van der Waals surface area (Å²) in [4.78, 5) is 16.9. The van der Waals surface area contributed by atoms with Gasteiger partial charge in [0, 0.05) is 32.2 Å². The number of urea groups is 1. The van der Waals surface area contributed by atoms with Crippen molar-refractivity contribution in [3.8, 4) is 11.5 Å². The second-order valence-corrected chi connectivity index (χ2v) is 7.18. The Hall–Kier alpha value is -1.95. The Balaban J connectivity index is 1.57. The molecule has 0 bridgehead atoms. The zero-order valence-corrected chi connectivity index (χ0v) is 16.0. The third kappa shape index (κ3) is 4.81. The molecule has 144 valence electrons. The number of hydrogen-bond acceptors (Lipinski definition) is 4. The molecule has 2 aliphatic rings. The fourth-order valence-corrected chi connectivity index (χ4v) is 3.73. The summed E-state index contributed by atoms with van der Waals surface area (Å²) < 4.78 is 10.8. The largest absolute Gasteiger partial charge is 0.454 e. The van der Waals surface area contributed by atoms with E-state index in [0.29, 0.717) is 19.1 Å². The van der Waals surface area contributed by atoms with Gasteiger partial charge in [-0.1, -0.05) is 12.5 Å². The number of fused-ring (bicyclic) bond motifs is 1. The van der Waals surface area contributed by atoms with Crippen LogP contribution in [0.3, 0.4) is 0 Å². The molecule has 1 fully saturated rings. The van der Waals surface area contributed by atoms with Crippen molar-refractivity contribution in [3.63, 3.8) is 0 Å². The highest BCUT2D eigenvalue weighted by Crippen LogP contribution is 2.32. The number of nitrogens with one attached hydrogen (secondary N) is 1. The molecule has 0 aromatic heterocycles. The monoisotopic (exact) mass is 361 g/mol. The molecule has 1 aromatic rings. The fourth-order valence-electron chi connectivity index (χ4n) is 3.73. The molecule has 1 N–H and O–H groups in total. The third-order valence-electron chi connectivity index (χ3n) is 5.24. The number of piperidine rings is 1. The predicted octanol–water partition coefficient (Wildman–Crippen LogP) is 3.21. The number of hydrogen-bond donors (Lipinski definition) is 1. The lowest BCUT2D eigenvalue weighted by Gasteiger charge is -2.34. The average Bonchev–Trinajstić information content (AvgIpc) is 3.10. The van der Waals surface area contributed by atoms with Gasteiger partial charge in [0.2, 0.25) is 6.79 Å². The van der Waals surface area contributed by atoms with Gasteiger partial charge in [0.1, 0.15) is 0 Å².